The van der Waals surface area contributed by atoms with Crippen LogP contribution in [0.15, 0.2) is 50.8 Å². The highest BCUT2D eigenvalue weighted by atomic mass is 79.9. The summed E-state index contributed by atoms with van der Waals surface area (Å²) >= 11 is 9.76. The normalized spacial score (nSPS) is 15.4. The summed E-state index contributed by atoms with van der Waals surface area (Å²) in [4.78, 5) is 30.4. The number of nitrogens with zero attached hydrogens (tertiary/aromatic N) is 3. The molecule has 2 aromatic carbocycles. The van der Waals surface area contributed by atoms with Gasteiger partial charge >= 0.3 is 5.97 Å². The number of carbonyl (C=O) groups is 1. The fourth-order valence-corrected chi connectivity index (χ4v) is 5.21. The Balaban J connectivity index is 1.79. The minimum absolute atomic E-state index is 0.156. The molecule has 1 atom stereocenters. The molecule has 0 unspecified atom stereocenters. The predicted molar refractivity (Wildman–Crippen MR) is 141 cm³/mol. The van der Waals surface area contributed by atoms with Crippen LogP contribution in [0.1, 0.15) is 63.3 Å². The number of aromatic nitrogens is 2. The van der Waals surface area contributed by atoms with Crippen LogP contribution in [-0.2, 0) is 9.53 Å². The monoisotopic (exact) mass is 559 g/mol. The first-order valence-corrected chi connectivity index (χ1v) is 12.9. The molecule has 0 N–H and O–H groups in total. The van der Waals surface area contributed by atoms with Gasteiger partial charge in [-0.05, 0) is 66.9 Å². The molecule has 0 bridgehead atoms. The maximum atomic E-state index is 13.5. The topological polar surface area (TPSA) is 82.8 Å². The van der Waals surface area contributed by atoms with Gasteiger partial charge in [0.25, 0.3) is 5.56 Å². The fourth-order valence-electron chi connectivity index (χ4n) is 4.28. The van der Waals surface area contributed by atoms with E-state index < -0.39 is 12.1 Å². The van der Waals surface area contributed by atoms with E-state index in [0.29, 0.717) is 37.5 Å². The zero-order valence-corrected chi connectivity index (χ0v) is 22.0. The van der Waals surface area contributed by atoms with Crippen molar-refractivity contribution < 1.29 is 14.3 Å². The van der Waals surface area contributed by atoms with Gasteiger partial charge in [0.15, 0.2) is 6.10 Å². The Morgan fingerprint density at radius 1 is 1.29 bits per heavy atom. The summed E-state index contributed by atoms with van der Waals surface area (Å²) in [6.07, 6.45) is 6.00. The molecule has 1 fully saturated rings. The minimum atomic E-state index is -0.845. The van der Waals surface area contributed by atoms with E-state index in [0.717, 1.165) is 25.7 Å². The van der Waals surface area contributed by atoms with Gasteiger partial charge in [-0.1, -0.05) is 43.0 Å². The maximum absolute atomic E-state index is 13.5. The van der Waals surface area contributed by atoms with Crippen LogP contribution in [0.3, 0.4) is 0 Å². The third-order valence-corrected chi connectivity index (χ3v) is 6.82. The van der Waals surface area contributed by atoms with E-state index in [4.69, 9.17) is 26.1 Å². The van der Waals surface area contributed by atoms with Crippen LogP contribution in [0.25, 0.3) is 10.9 Å². The first-order valence-electron chi connectivity index (χ1n) is 11.8. The van der Waals surface area contributed by atoms with Gasteiger partial charge in [0.2, 0.25) is 0 Å². The van der Waals surface area contributed by atoms with Crippen molar-refractivity contribution in [2.45, 2.75) is 58.0 Å². The first kappa shape index (κ1) is 25.4. The summed E-state index contributed by atoms with van der Waals surface area (Å²) in [6.45, 7) is 3.60. The van der Waals surface area contributed by atoms with E-state index in [1.165, 1.54) is 17.3 Å². The second kappa shape index (κ2) is 11.4. The Kier molecular flexibility index (Phi) is 8.23. The van der Waals surface area contributed by atoms with Gasteiger partial charge in [-0.3, -0.25) is 4.79 Å². The van der Waals surface area contributed by atoms with Crippen molar-refractivity contribution in [1.29, 1.82) is 0 Å². The second-order valence-corrected chi connectivity index (χ2v) is 9.79. The number of para-hydroxylation sites is 1. The predicted octanol–water partition coefficient (Wildman–Crippen LogP) is 6.07. The van der Waals surface area contributed by atoms with Crippen molar-refractivity contribution in [2.75, 3.05) is 6.61 Å². The maximum Gasteiger partial charge on any atom is 0.347 e. The molecular formula is C26H27BrClN3O4. The van der Waals surface area contributed by atoms with E-state index in [1.807, 2.05) is 18.2 Å². The molecule has 3 aromatic rings. The minimum Gasteiger partial charge on any atom is -0.477 e. The molecule has 1 heterocycles. The first-order chi connectivity index (χ1) is 16.9. The highest BCUT2D eigenvalue weighted by Crippen LogP contribution is 2.34. The van der Waals surface area contributed by atoms with Crippen LogP contribution in [0, 0.1) is 0 Å². The van der Waals surface area contributed by atoms with E-state index in [1.54, 1.807) is 32.0 Å². The van der Waals surface area contributed by atoms with Crippen LogP contribution in [0.2, 0.25) is 5.02 Å². The molecule has 0 saturated heterocycles. The van der Waals surface area contributed by atoms with Crippen molar-refractivity contribution in [2.24, 2.45) is 5.10 Å². The Morgan fingerprint density at radius 3 is 2.77 bits per heavy atom. The number of fused-ring (bicyclic) bond motifs is 1. The molecule has 0 spiro atoms. The SMILES string of the molecule is CCOC(=O)[C@H](C)Oc1c(Br)cc(Cl)cc1C=Nn1c(C2CCCCC2)nc2ccccc2c1=O. The number of ether oxygens (including phenoxy) is 2. The van der Waals surface area contributed by atoms with E-state index >= 15 is 0 Å². The molecule has 1 aromatic heterocycles. The summed E-state index contributed by atoms with van der Waals surface area (Å²) in [5.41, 5.74) is 0.952. The zero-order valence-electron chi connectivity index (χ0n) is 19.7. The Morgan fingerprint density at radius 2 is 2.03 bits per heavy atom. The molecule has 1 aliphatic carbocycles. The second-order valence-electron chi connectivity index (χ2n) is 8.50. The van der Waals surface area contributed by atoms with Crippen molar-refractivity contribution in [3.8, 4) is 5.75 Å². The highest BCUT2D eigenvalue weighted by Gasteiger charge is 2.23. The lowest BCUT2D eigenvalue weighted by molar-refractivity contribution is -0.150. The number of hydrogen-bond acceptors (Lipinski definition) is 6. The Bertz CT molecular complexity index is 1320. The average Bonchev–Trinajstić information content (AvgIpc) is 2.85. The van der Waals surface area contributed by atoms with Crippen LogP contribution in [0.5, 0.6) is 5.75 Å². The van der Waals surface area contributed by atoms with Gasteiger partial charge in [0, 0.05) is 16.5 Å². The van der Waals surface area contributed by atoms with Crippen molar-refractivity contribution in [3.63, 3.8) is 0 Å². The molecule has 0 aliphatic heterocycles. The van der Waals surface area contributed by atoms with Crippen LogP contribution in [0.4, 0.5) is 0 Å². The molecule has 9 heteroatoms. The highest BCUT2D eigenvalue weighted by molar-refractivity contribution is 9.10. The molecule has 1 aliphatic rings. The van der Waals surface area contributed by atoms with Gasteiger partial charge in [-0.15, -0.1) is 0 Å². The van der Waals surface area contributed by atoms with Gasteiger partial charge < -0.3 is 9.47 Å². The summed E-state index contributed by atoms with van der Waals surface area (Å²) in [5, 5.41) is 5.53. The largest absolute Gasteiger partial charge is 0.477 e. The number of hydrogen-bond donors (Lipinski definition) is 0. The molecule has 0 amide bonds. The molecule has 1 saturated carbocycles. The Hall–Kier alpha value is -2.71. The lowest BCUT2D eigenvalue weighted by Gasteiger charge is -2.22. The van der Waals surface area contributed by atoms with Gasteiger partial charge in [0.1, 0.15) is 11.6 Å². The van der Waals surface area contributed by atoms with E-state index in [-0.39, 0.29) is 18.1 Å². The van der Waals surface area contributed by atoms with E-state index in [2.05, 4.69) is 21.0 Å². The number of esters is 1. The summed E-state index contributed by atoms with van der Waals surface area (Å²) in [5.74, 6) is 0.712. The molecule has 7 nitrogen and oxygen atoms in total. The molecule has 4 rings (SSSR count). The molecular weight excluding hydrogens is 534 g/mol. The van der Waals surface area contributed by atoms with E-state index in [9.17, 15) is 9.59 Å². The average molecular weight is 561 g/mol. The third kappa shape index (κ3) is 5.76. The van der Waals surface area contributed by atoms with Crippen LogP contribution in [-0.4, -0.2) is 34.6 Å². The van der Waals surface area contributed by atoms with Gasteiger partial charge in [-0.2, -0.15) is 9.78 Å². The lowest BCUT2D eigenvalue weighted by Crippen LogP contribution is -2.27. The fraction of sp³-hybridized carbons (Fsp3) is 0.385. The van der Waals surface area contributed by atoms with Gasteiger partial charge in [0.05, 0.1) is 28.2 Å². The van der Waals surface area contributed by atoms with Crippen LogP contribution >= 0.6 is 27.5 Å². The van der Waals surface area contributed by atoms with Crippen molar-refractivity contribution in [3.05, 3.63) is 67.6 Å². The zero-order chi connectivity index (χ0) is 24.9. The van der Waals surface area contributed by atoms with Crippen molar-refractivity contribution >= 4 is 50.6 Å². The molecule has 0 radical (unpaired) electrons. The lowest BCUT2D eigenvalue weighted by atomic mass is 9.88. The number of halogens is 2. The number of carbonyl (C=O) groups excluding carboxylic acids is 1. The summed E-state index contributed by atoms with van der Waals surface area (Å²) < 4.78 is 12.9. The smallest absolute Gasteiger partial charge is 0.347 e. The third-order valence-electron chi connectivity index (χ3n) is 6.01. The molecule has 35 heavy (non-hydrogen) atoms. The summed E-state index contributed by atoms with van der Waals surface area (Å²) in [6, 6.07) is 10.6. The quantitative estimate of drug-likeness (QED) is 0.259. The number of rotatable bonds is 7. The summed E-state index contributed by atoms with van der Waals surface area (Å²) in [7, 11) is 0. The standard InChI is InChI=1S/C26H27BrClN3O4/c1-3-34-26(33)16(2)35-23-18(13-19(28)14-21(23)27)15-29-31-24(17-9-5-4-6-10-17)30-22-12-8-7-11-20(22)25(31)32/h7-8,11-17H,3-6,9-10H2,1-2H3/t16-/m0/s1. The Labute approximate surface area is 217 Å². The van der Waals surface area contributed by atoms with Crippen molar-refractivity contribution in [1.82, 2.24) is 9.66 Å². The molecule has 184 valence electrons. The van der Waals surface area contributed by atoms with Crippen LogP contribution < -0.4 is 10.3 Å². The van der Waals surface area contributed by atoms with Gasteiger partial charge in [-0.25, -0.2) is 9.78 Å². The number of benzene rings is 2.